The van der Waals surface area contributed by atoms with Crippen LogP contribution in [0.25, 0.3) is 0 Å². The summed E-state index contributed by atoms with van der Waals surface area (Å²) in [5, 5.41) is 0. The van der Waals surface area contributed by atoms with Gasteiger partial charge in [-0.25, -0.2) is 0 Å². The van der Waals surface area contributed by atoms with Crippen LogP contribution in [0, 0.1) is 18.8 Å². The lowest BCUT2D eigenvalue weighted by Crippen LogP contribution is -1.94. The van der Waals surface area contributed by atoms with Crippen LogP contribution < -0.4 is 0 Å². The van der Waals surface area contributed by atoms with Gasteiger partial charge in [-0.1, -0.05) is 11.6 Å². The highest BCUT2D eigenvalue weighted by Gasteiger charge is 2.31. The Balaban J connectivity index is 2.18. The average Bonchev–Trinajstić information content (AvgIpc) is 2.45. The Morgan fingerprint density at radius 1 is 1.56 bits per heavy atom. The van der Waals surface area contributed by atoms with Crippen LogP contribution in [0.2, 0.25) is 0 Å². The van der Waals surface area contributed by atoms with Crippen molar-refractivity contribution in [2.24, 2.45) is 11.8 Å². The third kappa shape index (κ3) is 0.726. The van der Waals surface area contributed by atoms with Crippen LogP contribution in [0.3, 0.4) is 0 Å². The highest BCUT2D eigenvalue weighted by atomic mass is 14.4. The summed E-state index contributed by atoms with van der Waals surface area (Å²) < 4.78 is 0. The van der Waals surface area contributed by atoms with Crippen LogP contribution in [0.5, 0.6) is 0 Å². The summed E-state index contributed by atoms with van der Waals surface area (Å²) in [5.74, 6) is 1.90. The van der Waals surface area contributed by atoms with Crippen LogP contribution in [0.4, 0.5) is 0 Å². The molecule has 0 spiro atoms. The van der Waals surface area contributed by atoms with Crippen molar-refractivity contribution in [1.29, 1.82) is 0 Å². The van der Waals surface area contributed by atoms with Gasteiger partial charge in [-0.2, -0.15) is 0 Å². The second-order valence-corrected chi connectivity index (χ2v) is 3.26. The maximum atomic E-state index is 3.92. The van der Waals surface area contributed by atoms with Crippen molar-refractivity contribution in [3.05, 3.63) is 18.6 Å². The van der Waals surface area contributed by atoms with E-state index < -0.39 is 0 Å². The Bertz CT molecular complexity index is 144. The number of fused-ring (bicyclic) bond motifs is 2. The Hall–Kier alpha value is -0.260. The fourth-order valence-electron chi connectivity index (χ4n) is 2.23. The molecule has 2 bridgehead atoms. The van der Waals surface area contributed by atoms with Crippen LogP contribution in [0.15, 0.2) is 11.6 Å². The molecule has 0 heteroatoms. The maximum Gasteiger partial charge on any atom is -0.0197 e. The van der Waals surface area contributed by atoms with Gasteiger partial charge in [0.25, 0.3) is 0 Å². The van der Waals surface area contributed by atoms with Crippen molar-refractivity contribution in [2.75, 3.05) is 0 Å². The molecule has 2 aliphatic carbocycles. The first-order valence-electron chi connectivity index (χ1n) is 3.90. The lowest BCUT2D eigenvalue weighted by atomic mass is 9.97. The predicted molar refractivity (Wildman–Crippen MR) is 38.9 cm³/mol. The van der Waals surface area contributed by atoms with E-state index in [1.165, 1.54) is 19.3 Å². The largest absolute Gasteiger partial charge is 0.0819 e. The average molecular weight is 121 g/mol. The van der Waals surface area contributed by atoms with E-state index in [9.17, 15) is 0 Å². The molecule has 0 amide bonds. The summed E-state index contributed by atoms with van der Waals surface area (Å²) in [7, 11) is 0. The van der Waals surface area contributed by atoms with Gasteiger partial charge in [0, 0.05) is 0 Å². The first-order valence-corrected chi connectivity index (χ1v) is 3.90. The molecule has 0 nitrogen and oxygen atoms in total. The van der Waals surface area contributed by atoms with Crippen LogP contribution in [0.1, 0.15) is 25.7 Å². The maximum absolute atomic E-state index is 3.92. The zero-order valence-electron chi connectivity index (χ0n) is 5.77. The molecule has 0 aromatic carbocycles. The Kier molecular flexibility index (Phi) is 1.14. The van der Waals surface area contributed by atoms with E-state index in [1.54, 1.807) is 5.57 Å². The highest BCUT2D eigenvalue weighted by molar-refractivity contribution is 5.19. The Morgan fingerprint density at radius 2 is 2.44 bits per heavy atom. The highest BCUT2D eigenvalue weighted by Crippen LogP contribution is 2.44. The molecule has 0 heterocycles. The first kappa shape index (κ1) is 5.52. The molecule has 0 aliphatic heterocycles. The monoisotopic (exact) mass is 121 g/mol. The standard InChI is InChI=1S/C9H13/c1-2-8-5-7-3-4-9(8)6-7/h5,7,9H,1-4,6H2. The number of hydrogen-bond acceptors (Lipinski definition) is 0. The fourth-order valence-corrected chi connectivity index (χ4v) is 2.23. The quantitative estimate of drug-likeness (QED) is 0.468. The van der Waals surface area contributed by atoms with Crippen molar-refractivity contribution >= 4 is 0 Å². The zero-order chi connectivity index (χ0) is 6.27. The molecule has 0 aromatic rings. The number of rotatable bonds is 1. The minimum Gasteiger partial charge on any atom is -0.0819 e. The van der Waals surface area contributed by atoms with Crippen LogP contribution >= 0.6 is 0 Å². The van der Waals surface area contributed by atoms with E-state index in [4.69, 9.17) is 0 Å². The summed E-state index contributed by atoms with van der Waals surface area (Å²) in [6.45, 7) is 3.92. The second kappa shape index (κ2) is 1.86. The summed E-state index contributed by atoms with van der Waals surface area (Å²) in [6, 6.07) is 0. The molecule has 1 saturated carbocycles. The van der Waals surface area contributed by atoms with E-state index in [2.05, 4.69) is 13.0 Å². The zero-order valence-corrected chi connectivity index (χ0v) is 5.77. The molecule has 49 valence electrons. The van der Waals surface area contributed by atoms with E-state index >= 15 is 0 Å². The van der Waals surface area contributed by atoms with Gasteiger partial charge in [-0.15, -0.1) is 0 Å². The normalized spacial score (nSPS) is 39.4. The van der Waals surface area contributed by atoms with Gasteiger partial charge in [-0.3, -0.25) is 0 Å². The third-order valence-corrected chi connectivity index (χ3v) is 2.74. The molecule has 2 atom stereocenters. The van der Waals surface area contributed by atoms with E-state index in [-0.39, 0.29) is 0 Å². The van der Waals surface area contributed by atoms with Crippen molar-refractivity contribution in [2.45, 2.75) is 25.7 Å². The van der Waals surface area contributed by atoms with Gasteiger partial charge in [-0.05, 0) is 44.4 Å². The molecule has 0 saturated heterocycles. The summed E-state index contributed by atoms with van der Waals surface area (Å²) in [4.78, 5) is 0. The smallest absolute Gasteiger partial charge is 0.0197 e. The molecule has 2 rings (SSSR count). The van der Waals surface area contributed by atoms with Crippen molar-refractivity contribution in [3.63, 3.8) is 0 Å². The molecule has 0 aromatic heterocycles. The third-order valence-electron chi connectivity index (χ3n) is 2.74. The minimum atomic E-state index is 0.951. The van der Waals surface area contributed by atoms with E-state index in [0.29, 0.717) is 0 Å². The van der Waals surface area contributed by atoms with E-state index in [1.807, 2.05) is 0 Å². The topological polar surface area (TPSA) is 0 Å². The second-order valence-electron chi connectivity index (χ2n) is 3.26. The number of hydrogen-bond donors (Lipinski definition) is 0. The fraction of sp³-hybridized carbons (Fsp3) is 0.667. The molecule has 2 aliphatic rings. The van der Waals surface area contributed by atoms with Gasteiger partial charge < -0.3 is 0 Å². The Morgan fingerprint density at radius 3 is 2.78 bits per heavy atom. The molecule has 1 radical (unpaired) electrons. The lowest BCUT2D eigenvalue weighted by molar-refractivity contribution is 0.644. The van der Waals surface area contributed by atoms with Crippen LogP contribution in [-0.2, 0) is 0 Å². The van der Waals surface area contributed by atoms with Gasteiger partial charge >= 0.3 is 0 Å². The van der Waals surface area contributed by atoms with Gasteiger partial charge in [0.05, 0.1) is 0 Å². The van der Waals surface area contributed by atoms with Crippen molar-refractivity contribution in [1.82, 2.24) is 0 Å². The summed E-state index contributed by atoms with van der Waals surface area (Å²) >= 11 is 0. The SMILES string of the molecule is [CH2]CC1=CC2CCC1C2. The van der Waals surface area contributed by atoms with Crippen molar-refractivity contribution < 1.29 is 0 Å². The molecular weight excluding hydrogens is 108 g/mol. The van der Waals surface area contributed by atoms with Crippen molar-refractivity contribution in [3.8, 4) is 0 Å². The number of allylic oxidation sites excluding steroid dienone is 2. The summed E-state index contributed by atoms with van der Waals surface area (Å²) in [5.41, 5.74) is 1.64. The molecule has 1 fully saturated rings. The first-order chi connectivity index (χ1) is 4.40. The Labute approximate surface area is 57.0 Å². The molecule has 0 N–H and O–H groups in total. The predicted octanol–water partition coefficient (Wildman–Crippen LogP) is 2.57. The van der Waals surface area contributed by atoms with E-state index in [0.717, 1.165) is 18.3 Å². The minimum absolute atomic E-state index is 0.951. The van der Waals surface area contributed by atoms with Crippen LogP contribution in [-0.4, -0.2) is 0 Å². The molecule has 9 heavy (non-hydrogen) atoms. The summed E-state index contributed by atoms with van der Waals surface area (Å²) in [6.07, 6.45) is 7.87. The van der Waals surface area contributed by atoms with Gasteiger partial charge in [0.2, 0.25) is 0 Å². The molecular formula is C9H13. The lowest BCUT2D eigenvalue weighted by Gasteiger charge is -2.09. The molecule has 2 unspecified atom stereocenters. The van der Waals surface area contributed by atoms with Gasteiger partial charge in [0.1, 0.15) is 0 Å². The van der Waals surface area contributed by atoms with Gasteiger partial charge in [0.15, 0.2) is 0 Å².